The van der Waals surface area contributed by atoms with Crippen molar-refractivity contribution < 1.29 is 4.74 Å². The Labute approximate surface area is 122 Å². The number of hydrogen-bond acceptors (Lipinski definition) is 4. The average Bonchev–Trinajstić information content (AvgIpc) is 2.43. The zero-order valence-electron chi connectivity index (χ0n) is 13.1. The average molecular weight is 277 g/mol. The maximum Gasteiger partial charge on any atom is 0.160 e. The molecular formula is C16H27N3O. The Morgan fingerprint density at radius 2 is 2.05 bits per heavy atom. The molecule has 112 valence electrons. The van der Waals surface area contributed by atoms with E-state index in [1.54, 1.807) is 6.20 Å². The Balaban J connectivity index is 2.09. The fourth-order valence-corrected chi connectivity index (χ4v) is 2.73. The summed E-state index contributed by atoms with van der Waals surface area (Å²) in [7, 11) is 0. The number of rotatable bonds is 4. The molecule has 1 heterocycles. The molecule has 0 bridgehead atoms. The van der Waals surface area contributed by atoms with Gasteiger partial charge in [-0.15, -0.1) is 0 Å². The van der Waals surface area contributed by atoms with Crippen LogP contribution in [0.25, 0.3) is 0 Å². The molecule has 3 atom stereocenters. The minimum atomic E-state index is 0.278. The van der Waals surface area contributed by atoms with Crippen LogP contribution >= 0.6 is 0 Å². The van der Waals surface area contributed by atoms with Crippen LogP contribution in [-0.4, -0.2) is 16.1 Å². The molecule has 4 nitrogen and oxygen atoms in total. The molecule has 1 aromatic heterocycles. The van der Waals surface area contributed by atoms with Crippen LogP contribution in [0.4, 0.5) is 0 Å². The van der Waals surface area contributed by atoms with Crippen LogP contribution in [0.2, 0.25) is 0 Å². The van der Waals surface area contributed by atoms with Gasteiger partial charge in [0.1, 0.15) is 5.82 Å². The van der Waals surface area contributed by atoms with Gasteiger partial charge in [0.15, 0.2) is 5.75 Å². The van der Waals surface area contributed by atoms with Crippen LogP contribution in [0.3, 0.4) is 0 Å². The van der Waals surface area contributed by atoms with E-state index in [4.69, 9.17) is 10.5 Å². The summed E-state index contributed by atoms with van der Waals surface area (Å²) in [6.45, 7) is 9.20. The molecule has 1 aliphatic carbocycles. The van der Waals surface area contributed by atoms with E-state index in [1.165, 1.54) is 6.42 Å². The third-order valence-electron chi connectivity index (χ3n) is 4.40. The lowest BCUT2D eigenvalue weighted by molar-refractivity contribution is 0.0988. The largest absolute Gasteiger partial charge is 0.487 e. The molecule has 0 aromatic carbocycles. The van der Waals surface area contributed by atoms with Crippen LogP contribution in [0.5, 0.6) is 5.75 Å². The highest BCUT2D eigenvalue weighted by atomic mass is 16.5. The van der Waals surface area contributed by atoms with Gasteiger partial charge in [-0.3, -0.25) is 0 Å². The van der Waals surface area contributed by atoms with Crippen molar-refractivity contribution in [3.63, 3.8) is 0 Å². The van der Waals surface area contributed by atoms with Crippen molar-refractivity contribution in [3.8, 4) is 5.75 Å². The van der Waals surface area contributed by atoms with Crippen molar-refractivity contribution in [1.29, 1.82) is 0 Å². The molecule has 0 aliphatic heterocycles. The lowest BCUT2D eigenvalue weighted by Gasteiger charge is -2.32. The minimum Gasteiger partial charge on any atom is -0.487 e. The molecule has 4 heteroatoms. The first-order chi connectivity index (χ1) is 9.51. The quantitative estimate of drug-likeness (QED) is 0.917. The van der Waals surface area contributed by atoms with Crippen LogP contribution in [0.15, 0.2) is 6.20 Å². The number of nitrogens with zero attached hydrogens (tertiary/aromatic N) is 2. The summed E-state index contributed by atoms with van der Waals surface area (Å²) in [4.78, 5) is 8.92. The second-order valence-corrected chi connectivity index (χ2v) is 6.41. The van der Waals surface area contributed by atoms with Crippen LogP contribution in [0.1, 0.15) is 64.4 Å². The van der Waals surface area contributed by atoms with E-state index in [2.05, 4.69) is 37.7 Å². The fraction of sp³-hybridized carbons (Fsp3) is 0.750. The van der Waals surface area contributed by atoms with Crippen LogP contribution < -0.4 is 10.5 Å². The molecule has 0 spiro atoms. The third kappa shape index (κ3) is 3.48. The maximum absolute atomic E-state index is 6.13. The highest BCUT2D eigenvalue weighted by Gasteiger charge is 2.26. The first kappa shape index (κ1) is 15.2. The van der Waals surface area contributed by atoms with Gasteiger partial charge in [-0.1, -0.05) is 27.7 Å². The van der Waals surface area contributed by atoms with E-state index >= 15 is 0 Å². The van der Waals surface area contributed by atoms with Gasteiger partial charge in [-0.25, -0.2) is 9.97 Å². The van der Waals surface area contributed by atoms with Gasteiger partial charge in [-0.2, -0.15) is 0 Å². The predicted octanol–water partition coefficient (Wildman–Crippen LogP) is 3.26. The van der Waals surface area contributed by atoms with E-state index in [1.807, 2.05) is 0 Å². The van der Waals surface area contributed by atoms with Crippen LogP contribution in [0, 0.1) is 11.8 Å². The Hall–Kier alpha value is -1.16. The van der Waals surface area contributed by atoms with Gasteiger partial charge < -0.3 is 10.5 Å². The Kier molecular flexibility index (Phi) is 4.97. The molecule has 1 saturated carbocycles. The number of aromatic nitrogens is 2. The summed E-state index contributed by atoms with van der Waals surface area (Å²) < 4.78 is 6.13. The number of nitrogens with two attached hydrogens (primary N) is 1. The number of ether oxygens (including phenoxy) is 1. The van der Waals surface area contributed by atoms with Gasteiger partial charge in [-0.05, 0) is 31.1 Å². The maximum atomic E-state index is 6.13. The van der Waals surface area contributed by atoms with Gasteiger partial charge in [0.25, 0.3) is 0 Å². The molecule has 1 aliphatic rings. The lowest BCUT2D eigenvalue weighted by Crippen LogP contribution is -2.29. The molecular weight excluding hydrogens is 250 g/mol. The topological polar surface area (TPSA) is 61.0 Å². The molecule has 3 unspecified atom stereocenters. The molecule has 0 radical (unpaired) electrons. The Morgan fingerprint density at radius 3 is 2.65 bits per heavy atom. The lowest BCUT2D eigenvalue weighted by atomic mass is 9.80. The number of hydrogen-bond donors (Lipinski definition) is 1. The normalized spacial score (nSPS) is 26.8. The summed E-state index contributed by atoms with van der Waals surface area (Å²) in [6, 6.07) is 0. The van der Waals surface area contributed by atoms with Crippen molar-refractivity contribution in [2.45, 2.75) is 65.5 Å². The van der Waals surface area contributed by atoms with Crippen molar-refractivity contribution >= 4 is 0 Å². The molecule has 1 fully saturated rings. The SMILES string of the molecule is CC(C)c1ncc(OC2CCC(C)C(C)C2)c(CN)n1. The smallest absolute Gasteiger partial charge is 0.160 e. The summed E-state index contributed by atoms with van der Waals surface area (Å²) >= 11 is 0. The summed E-state index contributed by atoms with van der Waals surface area (Å²) in [5, 5.41) is 0. The van der Waals surface area contributed by atoms with Crippen molar-refractivity contribution in [2.75, 3.05) is 0 Å². The monoisotopic (exact) mass is 277 g/mol. The fourth-order valence-electron chi connectivity index (χ4n) is 2.73. The van der Waals surface area contributed by atoms with Gasteiger partial charge >= 0.3 is 0 Å². The van der Waals surface area contributed by atoms with Gasteiger partial charge in [0, 0.05) is 12.5 Å². The standard InChI is InChI=1S/C16H27N3O/c1-10(2)16-18-9-15(14(8-17)19-16)20-13-6-5-11(3)12(4)7-13/h9-13H,5-8,17H2,1-4H3. The van der Waals surface area contributed by atoms with Crippen molar-refractivity contribution in [1.82, 2.24) is 9.97 Å². The van der Waals surface area contributed by atoms with E-state index < -0.39 is 0 Å². The van der Waals surface area contributed by atoms with E-state index in [0.29, 0.717) is 18.4 Å². The molecule has 0 saturated heterocycles. The second-order valence-electron chi connectivity index (χ2n) is 6.41. The van der Waals surface area contributed by atoms with Crippen LogP contribution in [-0.2, 0) is 6.54 Å². The minimum absolute atomic E-state index is 0.278. The highest BCUT2D eigenvalue weighted by Crippen LogP contribution is 2.32. The van der Waals surface area contributed by atoms with E-state index in [-0.39, 0.29) is 6.10 Å². The van der Waals surface area contributed by atoms with Gasteiger partial charge in [0.2, 0.25) is 0 Å². The Morgan fingerprint density at radius 1 is 1.30 bits per heavy atom. The molecule has 0 amide bonds. The first-order valence-electron chi connectivity index (χ1n) is 7.73. The summed E-state index contributed by atoms with van der Waals surface area (Å²) in [5.41, 5.74) is 6.63. The third-order valence-corrected chi connectivity index (χ3v) is 4.40. The van der Waals surface area contributed by atoms with E-state index in [0.717, 1.165) is 36.0 Å². The molecule has 20 heavy (non-hydrogen) atoms. The predicted molar refractivity (Wildman–Crippen MR) is 80.6 cm³/mol. The highest BCUT2D eigenvalue weighted by molar-refractivity contribution is 5.25. The first-order valence-corrected chi connectivity index (χ1v) is 7.73. The summed E-state index contributed by atoms with van der Waals surface area (Å²) in [6.07, 6.45) is 5.53. The summed E-state index contributed by atoms with van der Waals surface area (Å²) in [5.74, 6) is 3.42. The second kappa shape index (κ2) is 6.53. The molecule has 2 N–H and O–H groups in total. The zero-order chi connectivity index (χ0) is 14.7. The Bertz CT molecular complexity index is 447. The van der Waals surface area contributed by atoms with Crippen molar-refractivity contribution in [2.24, 2.45) is 17.6 Å². The van der Waals surface area contributed by atoms with Crippen molar-refractivity contribution in [3.05, 3.63) is 17.7 Å². The van der Waals surface area contributed by atoms with Gasteiger partial charge in [0.05, 0.1) is 18.0 Å². The molecule has 2 rings (SSSR count). The van der Waals surface area contributed by atoms with E-state index in [9.17, 15) is 0 Å². The zero-order valence-corrected chi connectivity index (χ0v) is 13.1. The molecule has 1 aromatic rings.